The number of carboxylic acid groups (broad SMARTS) is 1. The number of nitrogens with one attached hydrogen (secondary N) is 1. The Kier molecular flexibility index (Phi) is 11.5. The summed E-state index contributed by atoms with van der Waals surface area (Å²) in [5.41, 5.74) is 4.98. The van der Waals surface area contributed by atoms with Crippen molar-refractivity contribution < 1.29 is 41.9 Å². The molecule has 0 aliphatic carbocycles. The number of piperidine rings is 1. The number of nitro groups is 1. The number of carboxylic acids is 1. The lowest BCUT2D eigenvalue weighted by molar-refractivity contribution is -0.393. The first-order valence-corrected chi connectivity index (χ1v) is 14.3. The number of ether oxygens (including phenoxy) is 2. The van der Waals surface area contributed by atoms with Gasteiger partial charge in [0.25, 0.3) is 0 Å². The highest BCUT2D eigenvalue weighted by molar-refractivity contribution is 5.91. The Morgan fingerprint density at radius 3 is 2.65 bits per heavy atom. The maximum absolute atomic E-state index is 15.4. The summed E-state index contributed by atoms with van der Waals surface area (Å²) in [5.74, 6) is 3.18. The molecule has 18 heteroatoms. The van der Waals surface area contributed by atoms with Crippen LogP contribution in [0.3, 0.4) is 0 Å². The first-order chi connectivity index (χ1) is 21.9. The van der Waals surface area contributed by atoms with Gasteiger partial charge < -0.3 is 40.6 Å². The van der Waals surface area contributed by atoms with Gasteiger partial charge in [0.1, 0.15) is 24.2 Å². The van der Waals surface area contributed by atoms with E-state index in [9.17, 15) is 28.1 Å². The van der Waals surface area contributed by atoms with Crippen molar-refractivity contribution in [3.63, 3.8) is 0 Å². The van der Waals surface area contributed by atoms with Crippen LogP contribution in [-0.2, 0) is 22.4 Å². The maximum Gasteiger partial charge on any atom is 0.393 e. The number of aromatic carboxylic acids is 1. The topological polar surface area (TPSA) is 175 Å². The SMILES string of the molecule is CN1C[C@H](CCOCCOCCn2ncc(C(=O)O)c2[N+](=O)[O-])[C@@H](Nc2cccc3c(CC(F)(F)F)c(C#CCN)nn23)[C@@H](F)C1. The van der Waals surface area contributed by atoms with Crippen molar-refractivity contribution in [1.29, 1.82) is 0 Å². The van der Waals surface area contributed by atoms with E-state index in [-0.39, 0.29) is 68.8 Å². The highest BCUT2D eigenvalue weighted by Crippen LogP contribution is 2.30. The number of anilines is 1. The van der Waals surface area contributed by atoms with Crippen molar-refractivity contribution in [3.8, 4) is 11.8 Å². The van der Waals surface area contributed by atoms with E-state index in [0.29, 0.717) is 18.8 Å². The molecule has 1 saturated heterocycles. The molecular formula is C28H34F4N8O6. The van der Waals surface area contributed by atoms with Crippen LogP contribution in [0.2, 0.25) is 0 Å². The number of nitrogens with two attached hydrogens (primary N) is 1. The molecule has 0 aromatic carbocycles. The lowest BCUT2D eigenvalue weighted by Gasteiger charge is -2.40. The van der Waals surface area contributed by atoms with Crippen molar-refractivity contribution in [1.82, 2.24) is 24.3 Å². The zero-order valence-corrected chi connectivity index (χ0v) is 24.9. The molecule has 4 rings (SSSR count). The van der Waals surface area contributed by atoms with Gasteiger partial charge in [0, 0.05) is 25.3 Å². The number of carbonyl (C=O) groups is 1. The summed E-state index contributed by atoms with van der Waals surface area (Å²) in [4.78, 5) is 23.4. The summed E-state index contributed by atoms with van der Waals surface area (Å²) in [7, 11) is 1.80. The van der Waals surface area contributed by atoms with Crippen LogP contribution in [0.25, 0.3) is 5.52 Å². The summed E-state index contributed by atoms with van der Waals surface area (Å²) in [6.45, 7) is 1.23. The van der Waals surface area contributed by atoms with Gasteiger partial charge in [0.05, 0.1) is 50.5 Å². The van der Waals surface area contributed by atoms with E-state index >= 15 is 4.39 Å². The predicted molar refractivity (Wildman–Crippen MR) is 156 cm³/mol. The fourth-order valence-corrected chi connectivity index (χ4v) is 5.38. The smallest absolute Gasteiger partial charge is 0.393 e. The molecule has 4 heterocycles. The number of nitrogens with zero attached hydrogens (tertiary/aromatic N) is 6. The highest BCUT2D eigenvalue weighted by atomic mass is 19.4. The standard InChI is InChI=1S/C28H34F4N8O6/c1-37-16-18(7-10-45-12-13-46-11-9-38-26(40(43)44)20(15-34-38)27(41)42)25(21(29)17-37)35-24-6-2-5-23-19(14-28(30,31)32)22(4-3-8-33)36-39(23)24/h2,5-6,15,18,21,25,35H,7-14,16-17,33H2,1H3,(H,41,42)/t18-,21-,25+/m0/s1. The van der Waals surface area contributed by atoms with Crippen molar-refractivity contribution >= 4 is 23.1 Å². The molecule has 3 aromatic heterocycles. The van der Waals surface area contributed by atoms with E-state index in [1.807, 2.05) is 4.90 Å². The number of fused-ring (bicyclic) bond motifs is 1. The van der Waals surface area contributed by atoms with E-state index in [1.165, 1.54) is 10.6 Å². The third-order valence-electron chi connectivity index (χ3n) is 7.36. The lowest BCUT2D eigenvalue weighted by atomic mass is 9.88. The zero-order valence-electron chi connectivity index (χ0n) is 24.9. The van der Waals surface area contributed by atoms with E-state index in [4.69, 9.17) is 20.3 Å². The van der Waals surface area contributed by atoms with Gasteiger partial charge in [-0.2, -0.15) is 18.3 Å². The molecule has 0 bridgehead atoms. The number of alkyl halides is 4. The Labute approximate surface area is 260 Å². The summed E-state index contributed by atoms with van der Waals surface area (Å²) in [6.07, 6.45) is -5.65. The van der Waals surface area contributed by atoms with E-state index < -0.39 is 47.1 Å². The summed E-state index contributed by atoms with van der Waals surface area (Å²) >= 11 is 0. The molecule has 0 unspecified atom stereocenters. The van der Waals surface area contributed by atoms with Crippen LogP contribution in [-0.4, -0.2) is 112 Å². The second-order valence-electron chi connectivity index (χ2n) is 10.7. The number of halogens is 4. The minimum absolute atomic E-state index is 0.0249. The van der Waals surface area contributed by atoms with Gasteiger partial charge in [-0.05, 0) is 42.4 Å². The van der Waals surface area contributed by atoms with Crippen LogP contribution in [0.1, 0.15) is 28.0 Å². The first-order valence-electron chi connectivity index (χ1n) is 14.3. The Balaban J connectivity index is 1.34. The average molecular weight is 655 g/mol. The number of rotatable bonds is 14. The van der Waals surface area contributed by atoms with Crippen LogP contribution in [0.15, 0.2) is 24.4 Å². The molecule has 0 spiro atoms. The van der Waals surface area contributed by atoms with Gasteiger partial charge in [-0.15, -0.1) is 4.68 Å². The molecule has 14 nitrogen and oxygen atoms in total. The lowest BCUT2D eigenvalue weighted by Crippen LogP contribution is -2.53. The van der Waals surface area contributed by atoms with Crippen molar-refractivity contribution in [3.05, 3.63) is 51.3 Å². The third-order valence-corrected chi connectivity index (χ3v) is 7.36. The number of likely N-dealkylation sites (tertiary alicyclic amines) is 1. The Morgan fingerprint density at radius 2 is 1.98 bits per heavy atom. The summed E-state index contributed by atoms with van der Waals surface area (Å²) < 4.78 is 69.0. The minimum Gasteiger partial charge on any atom is -0.477 e. The zero-order chi connectivity index (χ0) is 33.4. The van der Waals surface area contributed by atoms with Gasteiger partial charge in [0.15, 0.2) is 5.56 Å². The second kappa shape index (κ2) is 15.3. The van der Waals surface area contributed by atoms with Crippen LogP contribution in [0, 0.1) is 27.9 Å². The molecule has 46 heavy (non-hydrogen) atoms. The normalized spacial score (nSPS) is 18.8. The number of pyridine rings is 1. The average Bonchev–Trinajstić information content (AvgIpc) is 3.56. The molecule has 1 fully saturated rings. The van der Waals surface area contributed by atoms with E-state index in [2.05, 4.69) is 27.4 Å². The minimum atomic E-state index is -4.49. The van der Waals surface area contributed by atoms with Crippen molar-refractivity contribution in [2.24, 2.45) is 11.7 Å². The van der Waals surface area contributed by atoms with Gasteiger partial charge in [-0.25, -0.2) is 13.7 Å². The molecule has 0 amide bonds. The fraction of sp³-hybridized carbons (Fsp3) is 0.536. The fourth-order valence-electron chi connectivity index (χ4n) is 5.38. The predicted octanol–water partition coefficient (Wildman–Crippen LogP) is 2.36. The number of aromatic nitrogens is 4. The molecule has 0 radical (unpaired) electrons. The molecule has 1 aliphatic heterocycles. The molecular weight excluding hydrogens is 620 g/mol. The van der Waals surface area contributed by atoms with Crippen LogP contribution in [0.4, 0.5) is 29.2 Å². The largest absolute Gasteiger partial charge is 0.477 e. The first kappa shape index (κ1) is 34.6. The molecule has 0 saturated carbocycles. The maximum atomic E-state index is 15.4. The Hall–Kier alpha value is -4.31. The molecule has 3 atom stereocenters. The monoisotopic (exact) mass is 654 g/mol. The number of hydrogen-bond donors (Lipinski definition) is 3. The van der Waals surface area contributed by atoms with E-state index in [1.54, 1.807) is 19.2 Å². The van der Waals surface area contributed by atoms with Gasteiger partial charge in [-0.3, -0.25) is 0 Å². The molecule has 3 aromatic rings. The third kappa shape index (κ3) is 8.69. The van der Waals surface area contributed by atoms with Crippen molar-refractivity contribution in [2.45, 2.75) is 37.8 Å². The highest BCUT2D eigenvalue weighted by Gasteiger charge is 2.37. The van der Waals surface area contributed by atoms with Crippen LogP contribution in [0.5, 0.6) is 0 Å². The van der Waals surface area contributed by atoms with E-state index in [0.717, 1.165) is 10.9 Å². The molecule has 4 N–H and O–H groups in total. The van der Waals surface area contributed by atoms with Gasteiger partial charge >= 0.3 is 18.0 Å². The van der Waals surface area contributed by atoms with Crippen molar-refractivity contribution in [2.75, 3.05) is 58.4 Å². The Bertz CT molecular complexity index is 1580. The molecule has 250 valence electrons. The van der Waals surface area contributed by atoms with Crippen LogP contribution >= 0.6 is 0 Å². The number of hydrogen-bond acceptors (Lipinski definition) is 10. The van der Waals surface area contributed by atoms with Crippen LogP contribution < -0.4 is 11.1 Å². The quantitative estimate of drug-likeness (QED) is 0.0765. The summed E-state index contributed by atoms with van der Waals surface area (Å²) in [5, 5.41) is 31.5. The van der Waals surface area contributed by atoms with Gasteiger partial charge in [-0.1, -0.05) is 17.1 Å². The second-order valence-corrected chi connectivity index (χ2v) is 10.7. The Morgan fingerprint density at radius 1 is 1.24 bits per heavy atom. The van der Waals surface area contributed by atoms with Gasteiger partial charge in [0.2, 0.25) is 0 Å². The summed E-state index contributed by atoms with van der Waals surface area (Å²) in [6, 6.07) is 4.02. The molecule has 1 aliphatic rings.